The van der Waals surface area contributed by atoms with Crippen LogP contribution in [0.4, 0.5) is 5.69 Å². The Labute approximate surface area is 171 Å². The predicted molar refractivity (Wildman–Crippen MR) is 114 cm³/mol. The highest BCUT2D eigenvalue weighted by atomic mass is 16.6. The summed E-state index contributed by atoms with van der Waals surface area (Å²) < 4.78 is 11.4. The molecule has 2 aromatic rings. The van der Waals surface area contributed by atoms with E-state index in [0.717, 1.165) is 6.42 Å². The van der Waals surface area contributed by atoms with Crippen LogP contribution in [0.5, 0.6) is 5.75 Å². The number of aryl methyl sites for hydroxylation is 2. The van der Waals surface area contributed by atoms with Gasteiger partial charge in [0.1, 0.15) is 28.9 Å². The van der Waals surface area contributed by atoms with Crippen molar-refractivity contribution in [2.45, 2.75) is 58.3 Å². The number of esters is 1. The summed E-state index contributed by atoms with van der Waals surface area (Å²) in [5.41, 5.74) is 15.0. The minimum absolute atomic E-state index is 0.277. The van der Waals surface area contributed by atoms with Gasteiger partial charge in [-0.25, -0.2) is 9.79 Å². The summed E-state index contributed by atoms with van der Waals surface area (Å²) in [6.07, 6.45) is 1.24. The molecule has 2 atom stereocenters. The lowest BCUT2D eigenvalue weighted by molar-refractivity contribution is -0.158. The summed E-state index contributed by atoms with van der Waals surface area (Å²) >= 11 is 0. The maximum atomic E-state index is 12.7. The lowest BCUT2D eigenvalue weighted by Gasteiger charge is -2.27. The standard InChI is InChI=1S/C23H29N3O3/c1-14-5-7-16(8-6-14)11-12-23(3,4)29-22(27)20(24)17-9-10-19-18(13-17)26-21(25)15(2)28-19/h5-10,13,15,20H,11-12,24H2,1-4H3,(H2,25,26). The van der Waals surface area contributed by atoms with Gasteiger partial charge in [-0.15, -0.1) is 0 Å². The van der Waals surface area contributed by atoms with Crippen molar-refractivity contribution in [1.82, 2.24) is 0 Å². The van der Waals surface area contributed by atoms with Crippen molar-refractivity contribution >= 4 is 17.5 Å². The van der Waals surface area contributed by atoms with E-state index in [2.05, 4.69) is 36.2 Å². The fourth-order valence-corrected chi connectivity index (χ4v) is 3.12. The van der Waals surface area contributed by atoms with Crippen LogP contribution in [0.25, 0.3) is 0 Å². The molecule has 4 N–H and O–H groups in total. The molecule has 6 nitrogen and oxygen atoms in total. The molecule has 0 bridgehead atoms. The number of carbonyl (C=O) groups is 1. The summed E-state index contributed by atoms with van der Waals surface area (Å²) in [5, 5.41) is 0. The third kappa shape index (κ3) is 5.15. The number of fused-ring (bicyclic) bond motifs is 1. The number of carbonyl (C=O) groups excluding carboxylic acids is 1. The molecule has 0 aromatic heterocycles. The summed E-state index contributed by atoms with van der Waals surface area (Å²) in [6, 6.07) is 12.7. The third-order valence-corrected chi connectivity index (χ3v) is 5.08. The number of hydrogen-bond donors (Lipinski definition) is 2. The topological polar surface area (TPSA) is 99.9 Å². The monoisotopic (exact) mass is 395 g/mol. The Morgan fingerprint density at radius 1 is 1.24 bits per heavy atom. The van der Waals surface area contributed by atoms with Crippen molar-refractivity contribution in [2.75, 3.05) is 0 Å². The lowest BCUT2D eigenvalue weighted by atomic mass is 9.97. The first-order chi connectivity index (χ1) is 13.6. The lowest BCUT2D eigenvalue weighted by Crippen LogP contribution is -2.34. The Hall–Kier alpha value is -2.86. The van der Waals surface area contributed by atoms with E-state index in [1.807, 2.05) is 20.8 Å². The van der Waals surface area contributed by atoms with Gasteiger partial charge in [0.25, 0.3) is 0 Å². The molecule has 0 saturated heterocycles. The van der Waals surface area contributed by atoms with Crippen LogP contribution in [-0.4, -0.2) is 23.5 Å². The van der Waals surface area contributed by atoms with E-state index in [4.69, 9.17) is 20.9 Å². The molecule has 0 radical (unpaired) electrons. The van der Waals surface area contributed by atoms with Crippen molar-refractivity contribution in [3.63, 3.8) is 0 Å². The Balaban J connectivity index is 1.64. The first-order valence-corrected chi connectivity index (χ1v) is 9.83. The summed E-state index contributed by atoms with van der Waals surface area (Å²) in [4.78, 5) is 17.0. The van der Waals surface area contributed by atoms with E-state index < -0.39 is 17.6 Å². The molecule has 1 aliphatic rings. The number of benzene rings is 2. The SMILES string of the molecule is Cc1ccc(CCC(C)(C)OC(=O)C(N)c2ccc3c(c2)N=C(N)C(C)O3)cc1. The smallest absolute Gasteiger partial charge is 0.328 e. The van der Waals surface area contributed by atoms with Gasteiger partial charge in [0, 0.05) is 0 Å². The Kier molecular flexibility index (Phi) is 5.94. The van der Waals surface area contributed by atoms with Gasteiger partial charge < -0.3 is 20.9 Å². The molecule has 29 heavy (non-hydrogen) atoms. The largest absolute Gasteiger partial charge is 0.481 e. The first kappa shape index (κ1) is 20.9. The summed E-state index contributed by atoms with van der Waals surface area (Å²) in [6.45, 7) is 7.69. The zero-order chi connectivity index (χ0) is 21.2. The number of nitrogens with zero attached hydrogens (tertiary/aromatic N) is 1. The minimum atomic E-state index is -0.908. The van der Waals surface area contributed by atoms with Crippen molar-refractivity contribution in [3.05, 3.63) is 59.2 Å². The van der Waals surface area contributed by atoms with Crippen LogP contribution in [-0.2, 0) is 16.0 Å². The average molecular weight is 396 g/mol. The highest BCUT2D eigenvalue weighted by Crippen LogP contribution is 2.34. The van der Waals surface area contributed by atoms with Gasteiger partial charge in [0.05, 0.1) is 0 Å². The van der Waals surface area contributed by atoms with Gasteiger partial charge in [-0.05, 0) is 63.8 Å². The van der Waals surface area contributed by atoms with Crippen LogP contribution in [0.3, 0.4) is 0 Å². The molecular weight excluding hydrogens is 366 g/mol. The highest BCUT2D eigenvalue weighted by Gasteiger charge is 2.28. The van der Waals surface area contributed by atoms with E-state index in [1.54, 1.807) is 18.2 Å². The second-order valence-electron chi connectivity index (χ2n) is 8.17. The van der Waals surface area contributed by atoms with Gasteiger partial charge in [-0.2, -0.15) is 0 Å². The molecule has 6 heteroatoms. The van der Waals surface area contributed by atoms with Gasteiger partial charge in [-0.3, -0.25) is 0 Å². The number of ether oxygens (including phenoxy) is 2. The number of amidine groups is 1. The number of aliphatic imine (C=N–C) groups is 1. The molecule has 2 aromatic carbocycles. The Bertz CT molecular complexity index is 919. The van der Waals surface area contributed by atoms with Crippen LogP contribution in [0, 0.1) is 6.92 Å². The fourth-order valence-electron chi connectivity index (χ4n) is 3.12. The van der Waals surface area contributed by atoms with Gasteiger partial charge in [0.2, 0.25) is 0 Å². The van der Waals surface area contributed by atoms with E-state index >= 15 is 0 Å². The third-order valence-electron chi connectivity index (χ3n) is 5.08. The molecule has 0 fully saturated rings. The quantitative estimate of drug-likeness (QED) is 0.726. The van der Waals surface area contributed by atoms with Crippen LogP contribution >= 0.6 is 0 Å². The maximum absolute atomic E-state index is 12.7. The zero-order valence-electron chi connectivity index (χ0n) is 17.4. The second-order valence-corrected chi connectivity index (χ2v) is 8.17. The Morgan fingerprint density at radius 2 is 1.93 bits per heavy atom. The van der Waals surface area contributed by atoms with Crippen LogP contribution < -0.4 is 16.2 Å². The fraction of sp³-hybridized carbons (Fsp3) is 0.391. The molecule has 3 rings (SSSR count). The van der Waals surface area contributed by atoms with Gasteiger partial charge in [-0.1, -0.05) is 35.9 Å². The number of nitrogens with two attached hydrogens (primary N) is 2. The molecule has 0 amide bonds. The van der Waals surface area contributed by atoms with Crippen LogP contribution in [0.15, 0.2) is 47.5 Å². The molecule has 0 saturated carbocycles. The molecule has 2 unspecified atom stereocenters. The van der Waals surface area contributed by atoms with E-state index in [-0.39, 0.29) is 6.10 Å². The van der Waals surface area contributed by atoms with Crippen molar-refractivity contribution in [3.8, 4) is 5.75 Å². The zero-order valence-corrected chi connectivity index (χ0v) is 17.4. The maximum Gasteiger partial charge on any atom is 0.328 e. The molecule has 1 aliphatic heterocycles. The minimum Gasteiger partial charge on any atom is -0.481 e. The highest BCUT2D eigenvalue weighted by molar-refractivity contribution is 5.90. The average Bonchev–Trinajstić information content (AvgIpc) is 2.67. The number of rotatable bonds is 6. The first-order valence-electron chi connectivity index (χ1n) is 9.83. The van der Waals surface area contributed by atoms with E-state index in [0.29, 0.717) is 29.3 Å². The van der Waals surface area contributed by atoms with Crippen molar-refractivity contribution in [1.29, 1.82) is 0 Å². The van der Waals surface area contributed by atoms with E-state index in [1.165, 1.54) is 11.1 Å². The van der Waals surface area contributed by atoms with E-state index in [9.17, 15) is 4.79 Å². The summed E-state index contributed by atoms with van der Waals surface area (Å²) in [7, 11) is 0. The second kappa shape index (κ2) is 8.25. The van der Waals surface area contributed by atoms with Crippen molar-refractivity contribution < 1.29 is 14.3 Å². The Morgan fingerprint density at radius 3 is 2.62 bits per heavy atom. The molecule has 0 aliphatic carbocycles. The molecule has 154 valence electrons. The molecule has 0 spiro atoms. The predicted octanol–water partition coefficient (Wildman–Crippen LogP) is 3.72. The van der Waals surface area contributed by atoms with Gasteiger partial charge in [0.15, 0.2) is 6.10 Å². The van der Waals surface area contributed by atoms with Crippen LogP contribution in [0.2, 0.25) is 0 Å². The van der Waals surface area contributed by atoms with Crippen LogP contribution in [0.1, 0.15) is 49.9 Å². The molecule has 1 heterocycles. The molecular formula is C23H29N3O3. The number of hydrogen-bond acceptors (Lipinski definition) is 6. The summed E-state index contributed by atoms with van der Waals surface area (Å²) in [5.74, 6) is 0.540. The normalized spacial score (nSPS) is 17.0. The van der Waals surface area contributed by atoms with Crippen molar-refractivity contribution in [2.24, 2.45) is 16.5 Å². The van der Waals surface area contributed by atoms with Gasteiger partial charge >= 0.3 is 5.97 Å².